The van der Waals surface area contributed by atoms with Gasteiger partial charge in [-0.05, 0) is 47.5 Å². The molecule has 0 radical (unpaired) electrons. The molecular formula is C23H17N3O5S. The van der Waals surface area contributed by atoms with Crippen LogP contribution in [0, 0.1) is 0 Å². The molecule has 1 aliphatic heterocycles. The second-order valence-corrected chi connectivity index (χ2v) is 8.98. The summed E-state index contributed by atoms with van der Waals surface area (Å²) in [5.74, 6) is -0.199. The van der Waals surface area contributed by atoms with Crippen molar-refractivity contribution in [2.75, 3.05) is 0 Å². The molecule has 8 nitrogen and oxygen atoms in total. The van der Waals surface area contributed by atoms with Crippen LogP contribution in [0.5, 0.6) is 11.5 Å². The maximum atomic E-state index is 12.8. The number of primary sulfonamides is 1. The number of carbonyl (C=O) groups excluding carboxylic acids is 1. The van der Waals surface area contributed by atoms with E-state index in [1.54, 1.807) is 53.4 Å². The summed E-state index contributed by atoms with van der Waals surface area (Å²) < 4.78 is 31.2. The van der Waals surface area contributed by atoms with E-state index in [0.717, 1.165) is 5.56 Å². The molecule has 0 atom stereocenters. The summed E-state index contributed by atoms with van der Waals surface area (Å²) in [6.45, 7) is 0. The Bertz CT molecular complexity index is 1570. The minimum absolute atomic E-state index is 0.00368. The van der Waals surface area contributed by atoms with Crippen molar-refractivity contribution in [3.05, 3.63) is 77.8 Å². The third-order valence-corrected chi connectivity index (χ3v) is 6.23. The Balaban J connectivity index is 1.70. The molecule has 32 heavy (non-hydrogen) atoms. The lowest BCUT2D eigenvalue weighted by atomic mass is 10.0. The van der Waals surface area contributed by atoms with Gasteiger partial charge in [0.1, 0.15) is 22.7 Å². The number of allylic oxidation sites excluding steroid dienone is 1. The number of Topliss-reactive ketones (excluding diaryl/α,β-unsaturated/α-hetero) is 1. The first-order valence-corrected chi connectivity index (χ1v) is 11.1. The topological polar surface area (TPSA) is 125 Å². The first-order valence-electron chi connectivity index (χ1n) is 9.57. The van der Waals surface area contributed by atoms with Crippen LogP contribution < -0.4 is 9.88 Å². The van der Waals surface area contributed by atoms with Crippen LogP contribution in [0.4, 0.5) is 0 Å². The number of ketones is 1. The normalized spacial score (nSPS) is 14.7. The summed E-state index contributed by atoms with van der Waals surface area (Å²) in [5.41, 5.74) is 2.77. The predicted molar refractivity (Wildman–Crippen MR) is 119 cm³/mol. The highest BCUT2D eigenvalue weighted by Gasteiger charge is 2.30. The standard InChI is InChI=1S/C23H17N3O5S/c1-26-12-14(11-19-22(28)21-17(27)6-3-7-18(21)31-19)20-16(8-9-25-23(20)26)13-4-2-5-15(10-13)32(24,29)30/h2-12,27H,1H3,(H2,24,29,30)/b19-11-. The average molecular weight is 447 g/mol. The Morgan fingerprint density at radius 2 is 1.94 bits per heavy atom. The number of nitrogens with zero attached hydrogens (tertiary/aromatic N) is 2. The molecule has 5 rings (SSSR count). The molecule has 0 spiro atoms. The van der Waals surface area contributed by atoms with Crippen LogP contribution in [-0.2, 0) is 17.1 Å². The molecule has 2 aromatic heterocycles. The Labute approximate surface area is 183 Å². The number of phenols is 1. The summed E-state index contributed by atoms with van der Waals surface area (Å²) >= 11 is 0. The Morgan fingerprint density at radius 3 is 2.69 bits per heavy atom. The van der Waals surface area contributed by atoms with Gasteiger partial charge in [-0.25, -0.2) is 18.5 Å². The number of aromatic hydroxyl groups is 1. The lowest BCUT2D eigenvalue weighted by molar-refractivity contribution is 0.101. The predicted octanol–water partition coefficient (Wildman–Crippen LogP) is 3.21. The van der Waals surface area contributed by atoms with Crippen molar-refractivity contribution >= 4 is 32.9 Å². The molecule has 2 aromatic carbocycles. The maximum Gasteiger partial charge on any atom is 0.238 e. The van der Waals surface area contributed by atoms with Gasteiger partial charge in [0.15, 0.2) is 5.76 Å². The molecule has 0 amide bonds. The number of carbonyl (C=O) groups is 1. The Hall–Kier alpha value is -3.95. The van der Waals surface area contributed by atoms with Gasteiger partial charge < -0.3 is 14.4 Å². The molecule has 3 heterocycles. The summed E-state index contributed by atoms with van der Waals surface area (Å²) in [5, 5.41) is 16.1. The van der Waals surface area contributed by atoms with Crippen LogP contribution >= 0.6 is 0 Å². The third-order valence-electron chi connectivity index (χ3n) is 5.32. The lowest BCUT2D eigenvalue weighted by Gasteiger charge is -2.07. The second kappa shape index (κ2) is 7.04. The van der Waals surface area contributed by atoms with Gasteiger partial charge in [0.25, 0.3) is 0 Å². The van der Waals surface area contributed by atoms with Crippen molar-refractivity contribution in [2.45, 2.75) is 4.90 Å². The number of aryl methyl sites for hydroxylation is 1. The van der Waals surface area contributed by atoms with Gasteiger partial charge in [-0.15, -0.1) is 0 Å². The molecular weight excluding hydrogens is 430 g/mol. The zero-order valence-electron chi connectivity index (χ0n) is 16.8. The number of hydrogen-bond donors (Lipinski definition) is 2. The van der Waals surface area contributed by atoms with Gasteiger partial charge in [-0.2, -0.15) is 0 Å². The summed E-state index contributed by atoms with van der Waals surface area (Å²) in [7, 11) is -2.05. The van der Waals surface area contributed by atoms with Crippen molar-refractivity contribution in [1.29, 1.82) is 0 Å². The smallest absolute Gasteiger partial charge is 0.238 e. The van der Waals surface area contributed by atoms with E-state index in [1.165, 1.54) is 18.2 Å². The van der Waals surface area contributed by atoms with E-state index in [9.17, 15) is 18.3 Å². The molecule has 0 fully saturated rings. The quantitative estimate of drug-likeness (QED) is 0.465. The fourth-order valence-electron chi connectivity index (χ4n) is 3.88. The SMILES string of the molecule is Cn1cc(/C=C2\Oc3cccc(O)c3C2=O)c2c(-c3cccc(S(N)(=O)=O)c3)ccnc21. The molecule has 3 N–H and O–H groups in total. The van der Waals surface area contributed by atoms with Crippen LogP contribution in [0.25, 0.3) is 28.2 Å². The molecule has 0 unspecified atom stereocenters. The Kier molecular flexibility index (Phi) is 4.40. The fraction of sp³-hybridized carbons (Fsp3) is 0.0435. The highest BCUT2D eigenvalue weighted by atomic mass is 32.2. The minimum Gasteiger partial charge on any atom is -0.507 e. The van der Waals surface area contributed by atoms with E-state index < -0.39 is 15.8 Å². The molecule has 0 bridgehead atoms. The molecule has 0 saturated heterocycles. The first kappa shape index (κ1) is 20.0. The number of aromatic nitrogens is 2. The highest BCUT2D eigenvalue weighted by Crippen LogP contribution is 2.39. The van der Waals surface area contributed by atoms with E-state index in [-0.39, 0.29) is 22.0 Å². The van der Waals surface area contributed by atoms with E-state index >= 15 is 0 Å². The van der Waals surface area contributed by atoms with E-state index in [4.69, 9.17) is 9.88 Å². The van der Waals surface area contributed by atoms with Crippen molar-refractivity contribution in [3.63, 3.8) is 0 Å². The number of ether oxygens (including phenoxy) is 1. The van der Waals surface area contributed by atoms with Gasteiger partial charge >= 0.3 is 0 Å². The highest BCUT2D eigenvalue weighted by molar-refractivity contribution is 7.89. The van der Waals surface area contributed by atoms with E-state index in [1.807, 2.05) is 7.05 Å². The van der Waals surface area contributed by atoms with Gasteiger partial charge in [-0.1, -0.05) is 18.2 Å². The molecule has 160 valence electrons. The number of benzene rings is 2. The number of hydrogen-bond acceptors (Lipinski definition) is 6. The molecule has 1 aliphatic rings. The number of pyridine rings is 1. The lowest BCUT2D eigenvalue weighted by Crippen LogP contribution is -2.11. The van der Waals surface area contributed by atoms with Crippen LogP contribution in [-0.4, -0.2) is 28.9 Å². The Morgan fingerprint density at radius 1 is 1.16 bits per heavy atom. The van der Waals surface area contributed by atoms with Crippen molar-refractivity contribution in [2.24, 2.45) is 12.2 Å². The molecule has 4 aromatic rings. The van der Waals surface area contributed by atoms with Crippen molar-refractivity contribution in [1.82, 2.24) is 9.55 Å². The largest absolute Gasteiger partial charge is 0.507 e. The average Bonchev–Trinajstić information content (AvgIpc) is 3.25. The zero-order valence-corrected chi connectivity index (χ0v) is 17.6. The number of rotatable bonds is 3. The van der Waals surface area contributed by atoms with Crippen molar-refractivity contribution < 1.29 is 23.1 Å². The zero-order chi connectivity index (χ0) is 22.6. The van der Waals surface area contributed by atoms with Gasteiger partial charge in [0.2, 0.25) is 15.8 Å². The summed E-state index contributed by atoms with van der Waals surface area (Å²) in [6, 6.07) is 12.7. The monoisotopic (exact) mass is 447 g/mol. The van der Waals surface area contributed by atoms with Crippen LogP contribution in [0.3, 0.4) is 0 Å². The summed E-state index contributed by atoms with van der Waals surface area (Å²) in [4.78, 5) is 17.2. The number of phenolic OH excluding ortho intramolecular Hbond substituents is 1. The fourth-order valence-corrected chi connectivity index (χ4v) is 4.44. The van der Waals surface area contributed by atoms with Crippen molar-refractivity contribution in [3.8, 4) is 22.6 Å². The molecule has 0 aliphatic carbocycles. The van der Waals surface area contributed by atoms with Gasteiger partial charge in [0, 0.05) is 30.4 Å². The number of sulfonamides is 1. The van der Waals surface area contributed by atoms with Gasteiger partial charge in [0.05, 0.1) is 4.90 Å². The minimum atomic E-state index is -3.87. The third kappa shape index (κ3) is 3.15. The molecule has 9 heteroatoms. The number of fused-ring (bicyclic) bond motifs is 2. The summed E-state index contributed by atoms with van der Waals surface area (Å²) in [6.07, 6.45) is 5.03. The number of nitrogens with two attached hydrogens (primary N) is 1. The van der Waals surface area contributed by atoms with Crippen LogP contribution in [0.1, 0.15) is 15.9 Å². The maximum absolute atomic E-state index is 12.8. The second-order valence-electron chi connectivity index (χ2n) is 7.42. The van der Waals surface area contributed by atoms with Gasteiger partial charge in [-0.3, -0.25) is 4.79 Å². The van der Waals surface area contributed by atoms with Crippen LogP contribution in [0.15, 0.2) is 71.6 Å². The van der Waals surface area contributed by atoms with E-state index in [0.29, 0.717) is 27.9 Å². The molecule has 0 saturated carbocycles. The first-order chi connectivity index (χ1) is 15.2. The van der Waals surface area contributed by atoms with E-state index in [2.05, 4.69) is 4.98 Å². The van der Waals surface area contributed by atoms with Crippen LogP contribution in [0.2, 0.25) is 0 Å².